The average molecular weight is 460 g/mol. The third-order valence-electron chi connectivity index (χ3n) is 6.22. The van der Waals surface area contributed by atoms with Gasteiger partial charge in [0.2, 0.25) is 0 Å². The molecule has 2 aromatic heterocycles. The highest BCUT2D eigenvalue weighted by Gasteiger charge is 2.22. The number of anilines is 3. The molecule has 0 bridgehead atoms. The fourth-order valence-electron chi connectivity index (χ4n) is 4.38. The molecule has 0 unspecified atom stereocenters. The third kappa shape index (κ3) is 4.12. The van der Waals surface area contributed by atoms with Crippen molar-refractivity contribution in [2.75, 3.05) is 57.7 Å². The topological polar surface area (TPSA) is 98.5 Å². The number of nitrogens with zero attached hydrogens (tertiary/aromatic N) is 5. The summed E-state index contributed by atoms with van der Waals surface area (Å²) in [5.41, 5.74) is 19.8. The Balaban J connectivity index is 1.86. The van der Waals surface area contributed by atoms with Crippen LogP contribution in [0.2, 0.25) is 0 Å². The molecule has 0 fully saturated rings. The van der Waals surface area contributed by atoms with Crippen molar-refractivity contribution in [3.63, 3.8) is 0 Å². The standard InChI is InChI=1S/C26H33N7O/c1-16-8-7-9-17-18(15-33(5)25(16)17)19-10-11-29-26(30-19)22-23(27)20(14-21(34-6)24(22)28)32(4)13-12-31(2)3/h7-11,14-15H,12-13,27-28H2,1-6H3. The number of likely N-dealkylation sites (N-methyl/N-ethyl adjacent to an activating group) is 2. The number of para-hydroxylation sites is 1. The molecule has 8 heteroatoms. The van der Waals surface area contributed by atoms with E-state index in [2.05, 4.69) is 57.7 Å². The molecule has 0 spiro atoms. The van der Waals surface area contributed by atoms with E-state index < -0.39 is 0 Å². The molecular formula is C26H33N7O. The normalized spacial score (nSPS) is 11.4. The summed E-state index contributed by atoms with van der Waals surface area (Å²) in [6.07, 6.45) is 3.85. The first kappa shape index (κ1) is 23.4. The second-order valence-electron chi connectivity index (χ2n) is 8.92. The fourth-order valence-corrected chi connectivity index (χ4v) is 4.38. The van der Waals surface area contributed by atoms with Crippen molar-refractivity contribution in [1.82, 2.24) is 19.4 Å². The van der Waals surface area contributed by atoms with E-state index in [9.17, 15) is 0 Å². The maximum atomic E-state index is 6.68. The molecule has 0 aliphatic carbocycles. The molecule has 4 N–H and O–H groups in total. The predicted octanol–water partition coefficient (Wildman–Crippen LogP) is 3.78. The number of methoxy groups -OCH3 is 1. The minimum Gasteiger partial charge on any atom is -0.494 e. The van der Waals surface area contributed by atoms with E-state index >= 15 is 0 Å². The zero-order valence-corrected chi connectivity index (χ0v) is 20.8. The van der Waals surface area contributed by atoms with Crippen LogP contribution in [-0.4, -0.2) is 60.8 Å². The van der Waals surface area contributed by atoms with Crippen LogP contribution >= 0.6 is 0 Å². The average Bonchev–Trinajstić information content (AvgIpc) is 3.15. The molecule has 0 saturated heterocycles. The van der Waals surface area contributed by atoms with Crippen molar-refractivity contribution in [2.24, 2.45) is 7.05 Å². The summed E-state index contributed by atoms with van der Waals surface area (Å²) in [5.74, 6) is 1.02. The molecule has 4 aromatic rings. The number of aryl methyl sites for hydroxylation is 2. The van der Waals surface area contributed by atoms with E-state index in [-0.39, 0.29) is 0 Å². The molecule has 8 nitrogen and oxygen atoms in total. The lowest BCUT2D eigenvalue weighted by Gasteiger charge is -2.25. The number of hydrogen-bond donors (Lipinski definition) is 2. The molecule has 0 atom stereocenters. The molecule has 2 heterocycles. The number of rotatable bonds is 7. The predicted molar refractivity (Wildman–Crippen MR) is 141 cm³/mol. The number of nitrogen functional groups attached to an aromatic ring is 2. The van der Waals surface area contributed by atoms with Gasteiger partial charge in [0, 0.05) is 56.6 Å². The number of nitrogens with two attached hydrogens (primary N) is 2. The fraction of sp³-hybridized carbons (Fsp3) is 0.308. The Morgan fingerprint density at radius 1 is 1.06 bits per heavy atom. The van der Waals surface area contributed by atoms with E-state index in [4.69, 9.17) is 21.2 Å². The highest BCUT2D eigenvalue weighted by atomic mass is 16.5. The molecule has 34 heavy (non-hydrogen) atoms. The Bertz CT molecular complexity index is 1340. The van der Waals surface area contributed by atoms with E-state index in [1.807, 2.05) is 33.3 Å². The van der Waals surface area contributed by atoms with Crippen LogP contribution in [-0.2, 0) is 7.05 Å². The molecule has 2 aromatic carbocycles. The molecular weight excluding hydrogens is 426 g/mol. The van der Waals surface area contributed by atoms with E-state index in [0.717, 1.165) is 35.4 Å². The molecule has 0 aliphatic rings. The van der Waals surface area contributed by atoms with Crippen molar-refractivity contribution >= 4 is 28.0 Å². The van der Waals surface area contributed by atoms with Gasteiger partial charge < -0.3 is 30.6 Å². The smallest absolute Gasteiger partial charge is 0.164 e. The van der Waals surface area contributed by atoms with Crippen molar-refractivity contribution < 1.29 is 4.74 Å². The van der Waals surface area contributed by atoms with Crippen LogP contribution in [0.5, 0.6) is 5.75 Å². The number of benzene rings is 2. The van der Waals surface area contributed by atoms with Crippen LogP contribution in [0.1, 0.15) is 5.56 Å². The molecule has 0 radical (unpaired) electrons. The minimum absolute atomic E-state index is 0.427. The van der Waals surface area contributed by atoms with Crippen LogP contribution < -0.4 is 21.1 Å². The van der Waals surface area contributed by atoms with Crippen LogP contribution in [0, 0.1) is 6.92 Å². The van der Waals surface area contributed by atoms with Gasteiger partial charge in [-0.2, -0.15) is 0 Å². The summed E-state index contributed by atoms with van der Waals surface area (Å²) in [6, 6.07) is 10.1. The van der Waals surface area contributed by atoms with Crippen molar-refractivity contribution in [2.45, 2.75) is 6.92 Å². The highest BCUT2D eigenvalue weighted by Crippen LogP contribution is 2.43. The van der Waals surface area contributed by atoms with E-state index in [1.54, 1.807) is 13.3 Å². The van der Waals surface area contributed by atoms with Gasteiger partial charge in [-0.05, 0) is 32.6 Å². The van der Waals surface area contributed by atoms with E-state index in [1.165, 1.54) is 11.1 Å². The molecule has 0 saturated carbocycles. The van der Waals surface area contributed by atoms with Gasteiger partial charge in [0.25, 0.3) is 0 Å². The SMILES string of the molecule is COc1cc(N(C)CCN(C)C)c(N)c(-c2nccc(-c3cn(C)c4c(C)cccc34)n2)c1N. The molecule has 4 rings (SSSR count). The lowest BCUT2D eigenvalue weighted by molar-refractivity contribution is 0.414. The van der Waals surface area contributed by atoms with Gasteiger partial charge in [0.05, 0.1) is 40.9 Å². The lowest BCUT2D eigenvalue weighted by Crippen LogP contribution is -2.29. The minimum atomic E-state index is 0.427. The Morgan fingerprint density at radius 3 is 2.53 bits per heavy atom. The second kappa shape index (κ2) is 9.23. The summed E-state index contributed by atoms with van der Waals surface area (Å²) < 4.78 is 7.72. The van der Waals surface area contributed by atoms with Gasteiger partial charge >= 0.3 is 0 Å². The Hall–Kier alpha value is -3.78. The van der Waals surface area contributed by atoms with Crippen LogP contribution in [0.15, 0.2) is 42.7 Å². The first-order valence-corrected chi connectivity index (χ1v) is 11.2. The van der Waals surface area contributed by atoms with Crippen LogP contribution in [0.3, 0.4) is 0 Å². The monoisotopic (exact) mass is 459 g/mol. The van der Waals surface area contributed by atoms with Gasteiger partial charge in [0.15, 0.2) is 5.82 Å². The number of aromatic nitrogens is 3. The quantitative estimate of drug-likeness (QED) is 0.406. The number of fused-ring (bicyclic) bond motifs is 1. The summed E-state index contributed by atoms with van der Waals surface area (Å²) in [4.78, 5) is 13.7. The highest BCUT2D eigenvalue weighted by molar-refractivity contribution is 5.98. The zero-order valence-electron chi connectivity index (χ0n) is 20.8. The summed E-state index contributed by atoms with van der Waals surface area (Å²) >= 11 is 0. The summed E-state index contributed by atoms with van der Waals surface area (Å²) in [7, 11) is 9.74. The van der Waals surface area contributed by atoms with Gasteiger partial charge in [-0.25, -0.2) is 9.97 Å². The first-order valence-electron chi connectivity index (χ1n) is 11.2. The number of hydrogen-bond acceptors (Lipinski definition) is 7. The lowest BCUT2D eigenvalue weighted by atomic mass is 10.0. The van der Waals surface area contributed by atoms with E-state index in [0.29, 0.717) is 28.5 Å². The summed E-state index contributed by atoms with van der Waals surface area (Å²) in [5, 5.41) is 1.14. The maximum Gasteiger partial charge on any atom is 0.164 e. The Labute approximate surface area is 200 Å². The van der Waals surface area contributed by atoms with Gasteiger partial charge in [-0.1, -0.05) is 18.2 Å². The first-order chi connectivity index (χ1) is 16.2. The van der Waals surface area contributed by atoms with Crippen molar-refractivity contribution in [3.05, 3.63) is 48.3 Å². The van der Waals surface area contributed by atoms with Gasteiger partial charge in [-0.15, -0.1) is 0 Å². The largest absolute Gasteiger partial charge is 0.494 e. The molecule has 178 valence electrons. The summed E-state index contributed by atoms with van der Waals surface area (Å²) in [6.45, 7) is 3.79. The van der Waals surface area contributed by atoms with Gasteiger partial charge in [-0.3, -0.25) is 0 Å². The second-order valence-corrected chi connectivity index (χ2v) is 8.92. The van der Waals surface area contributed by atoms with Crippen molar-refractivity contribution in [3.8, 4) is 28.4 Å². The maximum absolute atomic E-state index is 6.68. The number of ether oxygens (including phenoxy) is 1. The van der Waals surface area contributed by atoms with Crippen LogP contribution in [0.25, 0.3) is 33.5 Å². The Morgan fingerprint density at radius 2 is 1.82 bits per heavy atom. The third-order valence-corrected chi connectivity index (χ3v) is 6.22. The van der Waals surface area contributed by atoms with Crippen LogP contribution in [0.4, 0.5) is 17.1 Å². The molecule has 0 aliphatic heterocycles. The molecule has 0 amide bonds. The van der Waals surface area contributed by atoms with Gasteiger partial charge in [0.1, 0.15) is 5.75 Å². The zero-order chi connectivity index (χ0) is 24.6. The van der Waals surface area contributed by atoms with Crippen molar-refractivity contribution in [1.29, 1.82) is 0 Å². The Kier molecular flexibility index (Phi) is 6.34.